The van der Waals surface area contributed by atoms with Crippen LogP contribution in [0.2, 0.25) is 0 Å². The van der Waals surface area contributed by atoms with Gasteiger partial charge in [-0.3, -0.25) is 14.3 Å². The van der Waals surface area contributed by atoms with Gasteiger partial charge >= 0.3 is 0 Å². The third kappa shape index (κ3) is 5.78. The number of nitrogens with zero attached hydrogens (tertiary/aromatic N) is 4. The van der Waals surface area contributed by atoms with E-state index in [2.05, 4.69) is 11.2 Å². The van der Waals surface area contributed by atoms with Crippen LogP contribution in [-0.2, 0) is 18.3 Å². The fraction of sp³-hybridized carbons (Fsp3) is 0.414. The van der Waals surface area contributed by atoms with Crippen LogP contribution in [0.3, 0.4) is 0 Å². The Kier molecular flexibility index (Phi) is 8.08. The molecule has 1 aromatic heterocycles. The summed E-state index contributed by atoms with van der Waals surface area (Å²) in [6, 6.07) is 19.7. The van der Waals surface area contributed by atoms with Crippen LogP contribution in [0.25, 0.3) is 0 Å². The number of carbonyl (C=O) groups excluding carboxylic acids is 2. The van der Waals surface area contributed by atoms with Crippen LogP contribution < -0.4 is 4.74 Å². The van der Waals surface area contributed by atoms with Crippen molar-refractivity contribution in [3.05, 3.63) is 83.7 Å². The minimum absolute atomic E-state index is 0.0181. The summed E-state index contributed by atoms with van der Waals surface area (Å²) in [5.74, 6) is 0.996. The number of hydrogen-bond donors (Lipinski definition) is 0. The highest BCUT2D eigenvalue weighted by Gasteiger charge is 2.34. The molecule has 7 nitrogen and oxygen atoms in total. The first-order valence-electron chi connectivity index (χ1n) is 12.6. The van der Waals surface area contributed by atoms with E-state index in [1.807, 2.05) is 79.3 Å². The molecule has 0 N–H and O–H groups in total. The molecule has 2 aromatic carbocycles. The minimum atomic E-state index is -0.163. The van der Waals surface area contributed by atoms with E-state index < -0.39 is 0 Å². The molecule has 0 aliphatic carbocycles. The Bertz CT molecular complexity index is 1170. The third-order valence-electron chi connectivity index (χ3n) is 7.39. The molecule has 0 spiro atoms. The molecule has 1 saturated heterocycles. The van der Waals surface area contributed by atoms with E-state index in [-0.39, 0.29) is 29.7 Å². The average molecular weight is 489 g/mol. The summed E-state index contributed by atoms with van der Waals surface area (Å²) in [5, 5.41) is 4.33. The van der Waals surface area contributed by atoms with Gasteiger partial charge in [-0.2, -0.15) is 5.10 Å². The number of aryl methyl sites for hydroxylation is 1. The summed E-state index contributed by atoms with van der Waals surface area (Å²) in [6.45, 7) is 3.37. The highest BCUT2D eigenvalue weighted by atomic mass is 16.5. The molecule has 7 heteroatoms. The first kappa shape index (κ1) is 25.5. The second-order valence-corrected chi connectivity index (χ2v) is 9.71. The first-order valence-corrected chi connectivity index (χ1v) is 12.6. The van der Waals surface area contributed by atoms with Gasteiger partial charge in [-0.05, 0) is 61.4 Å². The Labute approximate surface area is 213 Å². The predicted octanol–water partition coefficient (Wildman–Crippen LogP) is 4.15. The van der Waals surface area contributed by atoms with Crippen molar-refractivity contribution in [1.29, 1.82) is 0 Å². The number of rotatable bonds is 8. The van der Waals surface area contributed by atoms with Gasteiger partial charge in [-0.15, -0.1) is 0 Å². The number of benzene rings is 2. The molecule has 1 aliphatic heterocycles. The lowest BCUT2D eigenvalue weighted by Gasteiger charge is -2.40. The number of ether oxygens (including phenoxy) is 1. The monoisotopic (exact) mass is 488 g/mol. The van der Waals surface area contributed by atoms with E-state index in [1.54, 1.807) is 24.1 Å². The molecule has 0 radical (unpaired) electrons. The summed E-state index contributed by atoms with van der Waals surface area (Å²) in [6.07, 6.45) is 4.20. The Balaban J connectivity index is 1.49. The van der Waals surface area contributed by atoms with E-state index in [0.29, 0.717) is 25.2 Å². The molecule has 1 aliphatic rings. The van der Waals surface area contributed by atoms with Crippen molar-refractivity contribution in [3.63, 3.8) is 0 Å². The van der Waals surface area contributed by atoms with Crippen molar-refractivity contribution < 1.29 is 14.3 Å². The van der Waals surface area contributed by atoms with Crippen molar-refractivity contribution in [2.24, 2.45) is 13.0 Å². The number of aromatic nitrogens is 2. The summed E-state index contributed by atoms with van der Waals surface area (Å²) in [5.41, 5.74) is 2.61. The van der Waals surface area contributed by atoms with Gasteiger partial charge in [0.15, 0.2) is 0 Å². The van der Waals surface area contributed by atoms with Gasteiger partial charge in [-0.1, -0.05) is 42.5 Å². The predicted molar refractivity (Wildman–Crippen MR) is 140 cm³/mol. The molecule has 0 bridgehead atoms. The van der Waals surface area contributed by atoms with Crippen LogP contribution >= 0.6 is 0 Å². The Morgan fingerprint density at radius 3 is 2.44 bits per heavy atom. The molecular weight excluding hydrogens is 452 g/mol. The van der Waals surface area contributed by atoms with E-state index in [1.165, 1.54) is 0 Å². The van der Waals surface area contributed by atoms with E-state index in [4.69, 9.17) is 4.74 Å². The summed E-state index contributed by atoms with van der Waals surface area (Å²) >= 11 is 0. The largest absolute Gasteiger partial charge is 0.497 e. The van der Waals surface area contributed by atoms with Gasteiger partial charge in [0.1, 0.15) is 11.4 Å². The number of methoxy groups -OCH3 is 1. The molecule has 0 saturated carbocycles. The number of piperidine rings is 1. The molecule has 3 aromatic rings. The topological polar surface area (TPSA) is 67.7 Å². The van der Waals surface area contributed by atoms with Crippen molar-refractivity contribution >= 4 is 11.8 Å². The van der Waals surface area contributed by atoms with Crippen molar-refractivity contribution in [1.82, 2.24) is 19.6 Å². The summed E-state index contributed by atoms with van der Waals surface area (Å²) in [7, 11) is 5.35. The Morgan fingerprint density at radius 1 is 1.08 bits per heavy atom. The van der Waals surface area contributed by atoms with Crippen LogP contribution in [-0.4, -0.2) is 64.7 Å². The smallest absolute Gasteiger partial charge is 0.274 e. The average Bonchev–Trinajstić information content (AvgIpc) is 3.37. The van der Waals surface area contributed by atoms with Gasteiger partial charge in [0.05, 0.1) is 13.0 Å². The van der Waals surface area contributed by atoms with Crippen LogP contribution in [0, 0.1) is 5.92 Å². The number of likely N-dealkylation sites (N-methyl/N-ethyl adjacent to an activating group) is 1. The molecule has 2 heterocycles. The van der Waals surface area contributed by atoms with Crippen LogP contribution in [0.4, 0.5) is 0 Å². The van der Waals surface area contributed by atoms with Crippen LogP contribution in [0.1, 0.15) is 47.3 Å². The van der Waals surface area contributed by atoms with Crippen molar-refractivity contribution in [3.8, 4) is 5.75 Å². The van der Waals surface area contributed by atoms with Crippen molar-refractivity contribution in [2.75, 3.05) is 27.2 Å². The van der Waals surface area contributed by atoms with Crippen LogP contribution in [0.15, 0.2) is 66.9 Å². The first-order chi connectivity index (χ1) is 17.4. The molecule has 0 unspecified atom stereocenters. The standard InChI is InChI=1S/C29H36N4O3/c1-21(23-10-6-5-7-11-23)28(34)33-17-13-24(14-18-33)27(20-22-9-8-12-25(19-22)36-4)32(3)29(35)26-15-16-31(2)30-26/h5-12,15-16,19,21,24,27H,13-14,17-18,20H2,1-4H3/t21-,27-/m1/s1. The zero-order valence-corrected chi connectivity index (χ0v) is 21.6. The number of likely N-dealkylation sites (tertiary alicyclic amines) is 1. The number of carbonyl (C=O) groups is 2. The zero-order chi connectivity index (χ0) is 25.7. The molecular formula is C29H36N4O3. The summed E-state index contributed by atoms with van der Waals surface area (Å²) in [4.78, 5) is 30.4. The van der Waals surface area contributed by atoms with Gasteiger partial charge in [0.25, 0.3) is 5.91 Å². The molecule has 190 valence electrons. The van der Waals surface area contributed by atoms with E-state index >= 15 is 0 Å². The maximum atomic E-state index is 13.3. The maximum absolute atomic E-state index is 13.3. The molecule has 4 rings (SSSR count). The van der Waals surface area contributed by atoms with Gasteiger partial charge < -0.3 is 14.5 Å². The van der Waals surface area contributed by atoms with E-state index in [9.17, 15) is 9.59 Å². The lowest BCUT2D eigenvalue weighted by molar-refractivity contribution is -0.134. The van der Waals surface area contributed by atoms with Gasteiger partial charge in [-0.25, -0.2) is 0 Å². The molecule has 2 amide bonds. The minimum Gasteiger partial charge on any atom is -0.497 e. The normalized spacial score (nSPS) is 15.8. The number of amides is 2. The SMILES string of the molecule is COc1cccc(C[C@H](C2CCN(C(=O)[C@H](C)c3ccccc3)CC2)N(C)C(=O)c2ccn(C)n2)c1. The Hall–Kier alpha value is -3.61. The van der Waals surface area contributed by atoms with Crippen molar-refractivity contribution in [2.45, 2.75) is 38.1 Å². The van der Waals surface area contributed by atoms with Crippen LogP contribution in [0.5, 0.6) is 5.75 Å². The highest BCUT2D eigenvalue weighted by molar-refractivity contribution is 5.92. The van der Waals surface area contributed by atoms with Gasteiger partial charge in [0.2, 0.25) is 5.91 Å². The highest BCUT2D eigenvalue weighted by Crippen LogP contribution is 2.30. The Morgan fingerprint density at radius 2 is 1.81 bits per heavy atom. The molecule has 1 fully saturated rings. The second kappa shape index (κ2) is 11.4. The molecule has 2 atom stereocenters. The fourth-order valence-electron chi connectivity index (χ4n) is 5.18. The molecule has 36 heavy (non-hydrogen) atoms. The zero-order valence-electron chi connectivity index (χ0n) is 21.6. The van der Waals surface area contributed by atoms with Gasteiger partial charge in [0, 0.05) is 39.4 Å². The quantitative estimate of drug-likeness (QED) is 0.478. The maximum Gasteiger partial charge on any atom is 0.274 e. The number of hydrogen-bond acceptors (Lipinski definition) is 4. The second-order valence-electron chi connectivity index (χ2n) is 9.71. The lowest BCUT2D eigenvalue weighted by atomic mass is 9.84. The summed E-state index contributed by atoms with van der Waals surface area (Å²) < 4.78 is 7.07. The van der Waals surface area contributed by atoms with E-state index in [0.717, 1.165) is 29.7 Å². The lowest BCUT2D eigenvalue weighted by Crippen LogP contribution is -2.49. The third-order valence-corrected chi connectivity index (χ3v) is 7.39. The fourth-order valence-corrected chi connectivity index (χ4v) is 5.18.